The average Bonchev–Trinajstić information content (AvgIpc) is 2.99. The fraction of sp³-hybridized carbons (Fsp3) is 0.300. The van der Waals surface area contributed by atoms with Crippen LogP contribution in [0.2, 0.25) is 0 Å². The third-order valence-corrected chi connectivity index (χ3v) is 4.25. The number of amides is 1. The summed E-state index contributed by atoms with van der Waals surface area (Å²) in [5.74, 6) is 1.64. The van der Waals surface area contributed by atoms with Crippen molar-refractivity contribution in [2.24, 2.45) is 0 Å². The third kappa shape index (κ3) is 3.82. The molecule has 2 aromatic carbocycles. The summed E-state index contributed by atoms with van der Waals surface area (Å²) in [7, 11) is 0. The number of hydrogen-bond acceptors (Lipinski definition) is 3. The van der Waals surface area contributed by atoms with E-state index in [1.54, 1.807) is 0 Å². The fourth-order valence-electron chi connectivity index (χ4n) is 2.89. The molecule has 3 rings (SSSR count). The van der Waals surface area contributed by atoms with Crippen molar-refractivity contribution >= 4 is 16.9 Å². The lowest BCUT2D eigenvalue weighted by Gasteiger charge is -2.20. The van der Waals surface area contributed by atoms with E-state index in [2.05, 4.69) is 4.98 Å². The first kappa shape index (κ1) is 17.0. The Bertz CT molecular complexity index is 839. The van der Waals surface area contributed by atoms with Crippen LogP contribution in [0.1, 0.15) is 19.7 Å². The highest BCUT2D eigenvalue weighted by Crippen LogP contribution is 2.18. The number of fused-ring (bicyclic) bond motifs is 1. The van der Waals surface area contributed by atoms with Crippen LogP contribution in [-0.2, 0) is 17.9 Å². The maximum atomic E-state index is 12.6. The molecular weight excluding hydrogens is 314 g/mol. The van der Waals surface area contributed by atoms with Gasteiger partial charge in [-0.25, -0.2) is 4.98 Å². The maximum absolute atomic E-state index is 12.6. The van der Waals surface area contributed by atoms with E-state index in [9.17, 15) is 4.79 Å². The van der Waals surface area contributed by atoms with Crippen LogP contribution >= 0.6 is 0 Å². The van der Waals surface area contributed by atoms with E-state index in [-0.39, 0.29) is 12.5 Å². The molecule has 5 nitrogen and oxygen atoms in total. The van der Waals surface area contributed by atoms with Gasteiger partial charge in [-0.1, -0.05) is 30.3 Å². The number of hydrogen-bond donors (Lipinski definition) is 0. The SMILES string of the molecule is CCN(CC)C(=O)Cn1c(COc2ccccc2)nc2ccccc21. The molecule has 0 fully saturated rings. The molecule has 0 aliphatic rings. The zero-order valence-corrected chi connectivity index (χ0v) is 14.7. The number of benzene rings is 2. The van der Waals surface area contributed by atoms with Gasteiger partial charge in [-0.05, 0) is 38.1 Å². The number of aromatic nitrogens is 2. The van der Waals surface area contributed by atoms with Crippen molar-refractivity contribution < 1.29 is 9.53 Å². The first-order valence-electron chi connectivity index (χ1n) is 8.62. The van der Waals surface area contributed by atoms with Crippen LogP contribution in [0.15, 0.2) is 54.6 Å². The Balaban J connectivity index is 1.88. The van der Waals surface area contributed by atoms with Gasteiger partial charge in [0, 0.05) is 13.1 Å². The monoisotopic (exact) mass is 337 g/mol. The summed E-state index contributed by atoms with van der Waals surface area (Å²) in [5.41, 5.74) is 1.83. The second-order valence-corrected chi connectivity index (χ2v) is 5.77. The van der Waals surface area contributed by atoms with Crippen molar-refractivity contribution in [3.8, 4) is 5.75 Å². The van der Waals surface area contributed by atoms with Crippen molar-refractivity contribution in [1.82, 2.24) is 14.5 Å². The lowest BCUT2D eigenvalue weighted by Crippen LogP contribution is -2.33. The number of para-hydroxylation sites is 3. The smallest absolute Gasteiger partial charge is 0.242 e. The van der Waals surface area contributed by atoms with Gasteiger partial charge in [-0.15, -0.1) is 0 Å². The zero-order valence-electron chi connectivity index (χ0n) is 14.7. The molecule has 130 valence electrons. The molecule has 0 radical (unpaired) electrons. The van der Waals surface area contributed by atoms with E-state index in [0.29, 0.717) is 19.7 Å². The molecule has 0 saturated heterocycles. The fourth-order valence-corrected chi connectivity index (χ4v) is 2.89. The van der Waals surface area contributed by atoms with Crippen LogP contribution in [0.3, 0.4) is 0 Å². The minimum Gasteiger partial charge on any atom is -0.486 e. The van der Waals surface area contributed by atoms with Crippen LogP contribution in [0.25, 0.3) is 11.0 Å². The van der Waals surface area contributed by atoms with Gasteiger partial charge in [0.15, 0.2) is 0 Å². The molecular formula is C20H23N3O2. The summed E-state index contributed by atoms with van der Waals surface area (Å²) in [6.45, 7) is 6.00. The molecule has 0 N–H and O–H groups in total. The average molecular weight is 337 g/mol. The number of likely N-dealkylation sites (N-methyl/N-ethyl adjacent to an activating group) is 1. The van der Waals surface area contributed by atoms with Crippen molar-refractivity contribution in [2.45, 2.75) is 27.0 Å². The molecule has 3 aromatic rings. The van der Waals surface area contributed by atoms with Gasteiger partial charge >= 0.3 is 0 Å². The van der Waals surface area contributed by atoms with Gasteiger partial charge < -0.3 is 14.2 Å². The van der Waals surface area contributed by atoms with E-state index in [1.165, 1.54) is 0 Å². The number of nitrogens with zero attached hydrogens (tertiary/aromatic N) is 3. The highest BCUT2D eigenvalue weighted by molar-refractivity contribution is 5.81. The molecule has 1 amide bonds. The van der Waals surface area contributed by atoms with Gasteiger partial charge in [-0.3, -0.25) is 4.79 Å². The topological polar surface area (TPSA) is 47.4 Å². The molecule has 1 aromatic heterocycles. The summed E-state index contributed by atoms with van der Waals surface area (Å²) in [6.07, 6.45) is 0. The van der Waals surface area contributed by atoms with E-state index in [4.69, 9.17) is 4.74 Å². The summed E-state index contributed by atoms with van der Waals surface area (Å²) in [5, 5.41) is 0. The highest BCUT2D eigenvalue weighted by atomic mass is 16.5. The minimum atomic E-state index is 0.0918. The van der Waals surface area contributed by atoms with E-state index < -0.39 is 0 Å². The number of carbonyl (C=O) groups excluding carboxylic acids is 1. The van der Waals surface area contributed by atoms with Gasteiger partial charge in [-0.2, -0.15) is 0 Å². The minimum absolute atomic E-state index is 0.0918. The van der Waals surface area contributed by atoms with E-state index in [1.807, 2.05) is 77.9 Å². The van der Waals surface area contributed by atoms with Crippen LogP contribution < -0.4 is 4.74 Å². The third-order valence-electron chi connectivity index (χ3n) is 4.25. The second kappa shape index (κ2) is 7.83. The molecule has 0 unspecified atom stereocenters. The number of ether oxygens (including phenoxy) is 1. The van der Waals surface area contributed by atoms with Crippen molar-refractivity contribution in [3.63, 3.8) is 0 Å². The molecule has 0 aliphatic heterocycles. The van der Waals surface area contributed by atoms with Crippen molar-refractivity contribution in [2.75, 3.05) is 13.1 Å². The first-order chi connectivity index (χ1) is 12.2. The molecule has 0 bridgehead atoms. The number of imidazole rings is 1. The van der Waals surface area contributed by atoms with Crippen LogP contribution in [0.5, 0.6) is 5.75 Å². The van der Waals surface area contributed by atoms with Gasteiger partial charge in [0.1, 0.15) is 24.7 Å². The number of carbonyl (C=O) groups is 1. The summed E-state index contributed by atoms with van der Waals surface area (Å²) in [4.78, 5) is 19.1. The highest BCUT2D eigenvalue weighted by Gasteiger charge is 2.16. The Morgan fingerprint density at radius 3 is 2.44 bits per heavy atom. The standard InChI is InChI=1S/C20H23N3O2/c1-3-22(4-2)20(24)14-23-18-13-9-8-12-17(18)21-19(23)15-25-16-10-6-5-7-11-16/h5-13H,3-4,14-15H2,1-2H3. The van der Waals surface area contributed by atoms with Crippen LogP contribution in [0.4, 0.5) is 0 Å². The molecule has 25 heavy (non-hydrogen) atoms. The van der Waals surface area contributed by atoms with Crippen molar-refractivity contribution in [3.05, 3.63) is 60.4 Å². The second-order valence-electron chi connectivity index (χ2n) is 5.77. The van der Waals surface area contributed by atoms with Crippen molar-refractivity contribution in [1.29, 1.82) is 0 Å². The van der Waals surface area contributed by atoms with Crippen LogP contribution in [-0.4, -0.2) is 33.4 Å². The molecule has 5 heteroatoms. The lowest BCUT2D eigenvalue weighted by atomic mass is 10.3. The Kier molecular flexibility index (Phi) is 5.33. The predicted octanol–water partition coefficient (Wildman–Crippen LogP) is 3.48. The Labute approximate surface area is 147 Å². The Hall–Kier alpha value is -2.82. The van der Waals surface area contributed by atoms with Crippen LogP contribution in [0, 0.1) is 0 Å². The summed E-state index contributed by atoms with van der Waals surface area (Å²) >= 11 is 0. The maximum Gasteiger partial charge on any atom is 0.242 e. The molecule has 0 saturated carbocycles. The molecule has 0 aliphatic carbocycles. The predicted molar refractivity (Wildman–Crippen MR) is 98.4 cm³/mol. The largest absolute Gasteiger partial charge is 0.486 e. The lowest BCUT2D eigenvalue weighted by molar-refractivity contribution is -0.131. The zero-order chi connectivity index (χ0) is 17.6. The Morgan fingerprint density at radius 2 is 1.72 bits per heavy atom. The van der Waals surface area contributed by atoms with Gasteiger partial charge in [0.05, 0.1) is 11.0 Å². The normalized spacial score (nSPS) is 10.8. The molecule has 1 heterocycles. The summed E-state index contributed by atoms with van der Waals surface area (Å²) < 4.78 is 7.81. The first-order valence-corrected chi connectivity index (χ1v) is 8.62. The van der Waals surface area contributed by atoms with E-state index in [0.717, 1.165) is 22.6 Å². The quantitative estimate of drug-likeness (QED) is 0.663. The van der Waals surface area contributed by atoms with Gasteiger partial charge in [0.25, 0.3) is 0 Å². The number of rotatable bonds is 7. The summed E-state index contributed by atoms with van der Waals surface area (Å²) in [6, 6.07) is 17.5. The molecule has 0 atom stereocenters. The molecule has 0 spiro atoms. The van der Waals surface area contributed by atoms with Gasteiger partial charge in [0.2, 0.25) is 5.91 Å². The Morgan fingerprint density at radius 1 is 1.04 bits per heavy atom. The van der Waals surface area contributed by atoms with E-state index >= 15 is 0 Å².